The molecule has 0 aromatic rings. The number of esters is 1. The number of carbonyl (C=O) groups excluding carboxylic acids is 1. The van der Waals surface area contributed by atoms with Crippen molar-refractivity contribution in [1.29, 1.82) is 0 Å². The number of ether oxygens (including phenoxy) is 2. The predicted octanol–water partition coefficient (Wildman–Crippen LogP) is 1.03. The zero-order valence-corrected chi connectivity index (χ0v) is 7.36. The first-order chi connectivity index (χ1) is 5.29. The summed E-state index contributed by atoms with van der Waals surface area (Å²) in [5.41, 5.74) is 0.245. The molecule has 64 valence electrons. The Balaban J connectivity index is 1.98. The molecule has 0 aromatic heterocycles. The maximum atomic E-state index is 10.3. The number of thioether (sulfide) groups is 1. The second-order valence-corrected chi connectivity index (χ2v) is 3.57. The second kappa shape index (κ2) is 4.62. The van der Waals surface area contributed by atoms with E-state index in [1.807, 2.05) is 0 Å². The van der Waals surface area contributed by atoms with Gasteiger partial charge in [0.1, 0.15) is 5.44 Å². The van der Waals surface area contributed by atoms with E-state index >= 15 is 0 Å². The van der Waals surface area contributed by atoms with Gasteiger partial charge in [-0.25, -0.2) is 0 Å². The summed E-state index contributed by atoms with van der Waals surface area (Å²) in [4.78, 5) is 10.3. The molecule has 0 N–H and O–H groups in total. The highest BCUT2D eigenvalue weighted by molar-refractivity contribution is 7.99. The number of carbonyl (C=O) groups is 1. The van der Waals surface area contributed by atoms with Crippen molar-refractivity contribution in [3.63, 3.8) is 0 Å². The fourth-order valence-corrected chi connectivity index (χ4v) is 1.78. The molecular formula is C7H12O3S. The first-order valence-corrected chi connectivity index (χ1v) is 4.70. The molecule has 0 bridgehead atoms. The molecule has 0 aliphatic carbocycles. The summed E-state index contributed by atoms with van der Waals surface area (Å²) in [5, 5.41) is 0. The summed E-state index contributed by atoms with van der Waals surface area (Å²) < 4.78 is 10.1. The van der Waals surface area contributed by atoms with Crippen LogP contribution in [-0.4, -0.2) is 30.4 Å². The lowest BCUT2D eigenvalue weighted by atomic mass is 10.5. The van der Waals surface area contributed by atoms with Crippen LogP contribution in [0.5, 0.6) is 0 Å². The Morgan fingerprint density at radius 2 is 2.64 bits per heavy atom. The van der Waals surface area contributed by atoms with Crippen molar-refractivity contribution < 1.29 is 14.3 Å². The Labute approximate surface area is 70.4 Å². The van der Waals surface area contributed by atoms with E-state index in [1.165, 1.54) is 6.92 Å². The highest BCUT2D eigenvalue weighted by Crippen LogP contribution is 2.22. The van der Waals surface area contributed by atoms with Crippen LogP contribution in [0.15, 0.2) is 0 Å². The lowest BCUT2D eigenvalue weighted by molar-refractivity contribution is -0.141. The van der Waals surface area contributed by atoms with E-state index < -0.39 is 0 Å². The molecule has 0 saturated carbocycles. The average Bonchev–Trinajstić information content (AvgIpc) is 2.39. The Kier molecular flexibility index (Phi) is 3.72. The standard InChI is InChI=1S/C7H12O3S/c1-6(8)9-3-2-7-10-4-5-11-7/h7H,2-5H2,1H3. The largest absolute Gasteiger partial charge is 0.466 e. The van der Waals surface area contributed by atoms with E-state index in [1.54, 1.807) is 11.8 Å². The molecule has 11 heavy (non-hydrogen) atoms. The molecule has 1 unspecified atom stereocenters. The summed E-state index contributed by atoms with van der Waals surface area (Å²) in [6, 6.07) is 0. The highest BCUT2D eigenvalue weighted by atomic mass is 32.2. The Morgan fingerprint density at radius 1 is 1.82 bits per heavy atom. The molecule has 1 heterocycles. The predicted molar refractivity (Wildman–Crippen MR) is 43.4 cm³/mol. The maximum Gasteiger partial charge on any atom is 0.302 e. The topological polar surface area (TPSA) is 35.5 Å². The SMILES string of the molecule is CC(=O)OCCC1OCCS1. The van der Waals surface area contributed by atoms with Crippen molar-refractivity contribution in [1.82, 2.24) is 0 Å². The molecule has 3 nitrogen and oxygen atoms in total. The van der Waals surface area contributed by atoms with Gasteiger partial charge in [0.2, 0.25) is 0 Å². The Bertz CT molecular complexity index is 132. The van der Waals surface area contributed by atoms with Crippen molar-refractivity contribution in [2.75, 3.05) is 19.0 Å². The number of hydrogen-bond donors (Lipinski definition) is 0. The second-order valence-electron chi connectivity index (χ2n) is 2.30. The van der Waals surface area contributed by atoms with Crippen LogP contribution in [0.2, 0.25) is 0 Å². The van der Waals surface area contributed by atoms with Gasteiger partial charge in [-0.05, 0) is 0 Å². The van der Waals surface area contributed by atoms with Crippen molar-refractivity contribution >= 4 is 17.7 Å². The summed E-state index contributed by atoms with van der Waals surface area (Å²) in [6.45, 7) is 2.73. The fourth-order valence-electron chi connectivity index (χ4n) is 0.873. The van der Waals surface area contributed by atoms with Gasteiger partial charge >= 0.3 is 5.97 Å². The third-order valence-electron chi connectivity index (χ3n) is 1.35. The molecule has 1 aliphatic rings. The molecule has 1 aliphatic heterocycles. The van der Waals surface area contributed by atoms with Crippen molar-refractivity contribution in [3.8, 4) is 0 Å². The Hall–Kier alpha value is -0.220. The smallest absolute Gasteiger partial charge is 0.302 e. The van der Waals surface area contributed by atoms with Gasteiger partial charge in [-0.2, -0.15) is 0 Å². The van der Waals surface area contributed by atoms with Crippen LogP contribution in [0.25, 0.3) is 0 Å². The van der Waals surface area contributed by atoms with Crippen LogP contribution >= 0.6 is 11.8 Å². The first-order valence-electron chi connectivity index (χ1n) is 3.65. The van der Waals surface area contributed by atoms with Gasteiger partial charge in [0, 0.05) is 19.1 Å². The molecule has 0 radical (unpaired) electrons. The molecular weight excluding hydrogens is 164 g/mol. The van der Waals surface area contributed by atoms with Crippen LogP contribution < -0.4 is 0 Å². The fraction of sp³-hybridized carbons (Fsp3) is 0.857. The lowest BCUT2D eigenvalue weighted by Crippen LogP contribution is -2.08. The van der Waals surface area contributed by atoms with Crippen LogP contribution in [0.4, 0.5) is 0 Å². The highest BCUT2D eigenvalue weighted by Gasteiger charge is 2.15. The van der Waals surface area contributed by atoms with E-state index in [9.17, 15) is 4.79 Å². The maximum absolute atomic E-state index is 10.3. The zero-order chi connectivity index (χ0) is 8.10. The quantitative estimate of drug-likeness (QED) is 0.602. The van der Waals surface area contributed by atoms with E-state index in [4.69, 9.17) is 9.47 Å². The van der Waals surface area contributed by atoms with Crippen LogP contribution in [0.3, 0.4) is 0 Å². The molecule has 0 aromatic carbocycles. The van der Waals surface area contributed by atoms with Gasteiger partial charge < -0.3 is 9.47 Å². The molecule has 1 atom stereocenters. The van der Waals surface area contributed by atoms with Gasteiger partial charge in [0.25, 0.3) is 0 Å². The minimum Gasteiger partial charge on any atom is -0.466 e. The summed E-state index contributed by atoms with van der Waals surface area (Å²) in [6.07, 6.45) is 0.810. The van der Waals surface area contributed by atoms with E-state index in [0.29, 0.717) is 6.61 Å². The van der Waals surface area contributed by atoms with Gasteiger partial charge in [-0.15, -0.1) is 11.8 Å². The van der Waals surface area contributed by atoms with Gasteiger partial charge in [-0.1, -0.05) is 0 Å². The van der Waals surface area contributed by atoms with Crippen LogP contribution in [-0.2, 0) is 14.3 Å². The minimum atomic E-state index is -0.215. The minimum absolute atomic E-state index is 0.215. The van der Waals surface area contributed by atoms with E-state index in [0.717, 1.165) is 18.8 Å². The lowest BCUT2D eigenvalue weighted by Gasteiger charge is -2.07. The molecule has 1 saturated heterocycles. The van der Waals surface area contributed by atoms with Crippen LogP contribution in [0.1, 0.15) is 13.3 Å². The van der Waals surface area contributed by atoms with Gasteiger partial charge in [0.05, 0.1) is 13.2 Å². The van der Waals surface area contributed by atoms with E-state index in [2.05, 4.69) is 0 Å². The van der Waals surface area contributed by atoms with Crippen LogP contribution in [0, 0.1) is 0 Å². The third-order valence-corrected chi connectivity index (χ3v) is 2.50. The first kappa shape index (κ1) is 8.87. The third kappa shape index (κ3) is 3.62. The molecule has 4 heteroatoms. The summed E-state index contributed by atoms with van der Waals surface area (Å²) in [7, 11) is 0. The van der Waals surface area contributed by atoms with Crippen molar-refractivity contribution in [3.05, 3.63) is 0 Å². The summed E-state index contributed by atoms with van der Waals surface area (Å²) >= 11 is 1.78. The number of rotatable bonds is 3. The van der Waals surface area contributed by atoms with Crippen molar-refractivity contribution in [2.24, 2.45) is 0 Å². The normalized spacial score (nSPS) is 23.5. The average molecular weight is 176 g/mol. The molecule has 0 amide bonds. The number of hydrogen-bond acceptors (Lipinski definition) is 4. The van der Waals surface area contributed by atoms with Gasteiger partial charge in [0.15, 0.2) is 0 Å². The molecule has 0 spiro atoms. The Morgan fingerprint density at radius 3 is 3.18 bits per heavy atom. The van der Waals surface area contributed by atoms with Gasteiger partial charge in [-0.3, -0.25) is 4.79 Å². The monoisotopic (exact) mass is 176 g/mol. The van der Waals surface area contributed by atoms with Crippen molar-refractivity contribution in [2.45, 2.75) is 18.8 Å². The zero-order valence-electron chi connectivity index (χ0n) is 6.54. The van der Waals surface area contributed by atoms with E-state index in [-0.39, 0.29) is 11.4 Å². The molecule has 1 fully saturated rings. The summed E-state index contributed by atoms with van der Waals surface area (Å²) in [5.74, 6) is 0.845. The molecule has 1 rings (SSSR count).